The summed E-state index contributed by atoms with van der Waals surface area (Å²) in [5, 5.41) is 8.90. The Morgan fingerprint density at radius 1 is 1.40 bits per heavy atom. The maximum Gasteiger partial charge on any atom is 0.0850 e. The lowest BCUT2D eigenvalue weighted by molar-refractivity contribution is 0.378. The van der Waals surface area contributed by atoms with Crippen LogP contribution in [0.3, 0.4) is 0 Å². The van der Waals surface area contributed by atoms with Gasteiger partial charge in [-0.3, -0.25) is 4.68 Å². The summed E-state index contributed by atoms with van der Waals surface area (Å²) >= 11 is 6.49. The third-order valence-corrected chi connectivity index (χ3v) is 4.15. The van der Waals surface area contributed by atoms with Gasteiger partial charge in [-0.15, -0.1) is 6.58 Å². The highest BCUT2D eigenvalue weighted by Crippen LogP contribution is 2.30. The smallest absolute Gasteiger partial charge is 0.0850 e. The van der Waals surface area contributed by atoms with Gasteiger partial charge in [-0.2, -0.15) is 5.10 Å². The zero-order chi connectivity index (χ0) is 15.2. The molecule has 114 valence electrons. The van der Waals surface area contributed by atoms with E-state index < -0.39 is 0 Å². The highest BCUT2D eigenvalue weighted by atomic mass is 35.5. The Morgan fingerprint density at radius 3 is 2.60 bits per heavy atom. The summed E-state index contributed by atoms with van der Waals surface area (Å²) in [5.41, 5.74) is 2.12. The van der Waals surface area contributed by atoms with Gasteiger partial charge in [-0.1, -0.05) is 38.4 Å². The topological polar surface area (TPSA) is 29.9 Å². The van der Waals surface area contributed by atoms with Crippen LogP contribution in [0, 0.1) is 5.41 Å². The first kappa shape index (κ1) is 17.3. The molecule has 1 aromatic rings. The van der Waals surface area contributed by atoms with E-state index >= 15 is 0 Å². The summed E-state index contributed by atoms with van der Waals surface area (Å²) in [6, 6.07) is 0. The average Bonchev–Trinajstić information content (AvgIpc) is 2.75. The number of rotatable bonds is 9. The van der Waals surface area contributed by atoms with Crippen LogP contribution in [-0.2, 0) is 19.4 Å². The molecule has 3 nitrogen and oxygen atoms in total. The second-order valence-corrected chi connectivity index (χ2v) is 5.97. The van der Waals surface area contributed by atoms with Crippen LogP contribution in [0.15, 0.2) is 12.7 Å². The zero-order valence-corrected chi connectivity index (χ0v) is 14.1. The SMILES string of the molecule is C=CC(C)(CNCCC)Cc1c(Cl)c(CC)nn1CC. The summed E-state index contributed by atoms with van der Waals surface area (Å²) in [6.45, 7) is 15.4. The Kier molecular flexibility index (Phi) is 6.77. The van der Waals surface area contributed by atoms with Gasteiger partial charge in [-0.25, -0.2) is 0 Å². The molecule has 1 N–H and O–H groups in total. The van der Waals surface area contributed by atoms with Crippen molar-refractivity contribution in [1.82, 2.24) is 15.1 Å². The molecule has 0 bridgehead atoms. The van der Waals surface area contributed by atoms with Gasteiger partial charge in [0.05, 0.1) is 16.4 Å². The Balaban J connectivity index is 2.93. The van der Waals surface area contributed by atoms with Gasteiger partial charge < -0.3 is 5.32 Å². The molecular formula is C16H28ClN3. The van der Waals surface area contributed by atoms with Crippen LogP contribution in [0.25, 0.3) is 0 Å². The van der Waals surface area contributed by atoms with E-state index in [0.717, 1.165) is 55.3 Å². The fourth-order valence-corrected chi connectivity index (χ4v) is 2.66. The van der Waals surface area contributed by atoms with Gasteiger partial charge >= 0.3 is 0 Å². The molecule has 0 aliphatic rings. The molecule has 1 unspecified atom stereocenters. The predicted molar refractivity (Wildman–Crippen MR) is 87.5 cm³/mol. The van der Waals surface area contributed by atoms with Gasteiger partial charge in [0, 0.05) is 24.9 Å². The van der Waals surface area contributed by atoms with Gasteiger partial charge in [0.1, 0.15) is 0 Å². The molecule has 0 aliphatic carbocycles. The van der Waals surface area contributed by atoms with Crippen molar-refractivity contribution in [2.24, 2.45) is 5.41 Å². The molecular weight excluding hydrogens is 270 g/mol. The minimum absolute atomic E-state index is 0.00320. The lowest BCUT2D eigenvalue weighted by atomic mass is 9.85. The van der Waals surface area contributed by atoms with Crippen molar-refractivity contribution in [2.45, 2.75) is 53.5 Å². The standard InChI is InChI=1S/C16H28ClN3/c1-6-10-18-12-16(5,8-3)11-14-15(17)13(7-2)19-20(14)9-4/h8,18H,3,6-7,9-12H2,1-2,4-5H3. The van der Waals surface area contributed by atoms with E-state index in [0.29, 0.717) is 0 Å². The average molecular weight is 298 g/mol. The summed E-state index contributed by atoms with van der Waals surface area (Å²) < 4.78 is 2.03. The largest absolute Gasteiger partial charge is 0.316 e. The molecule has 0 amide bonds. The van der Waals surface area contributed by atoms with Crippen molar-refractivity contribution in [3.05, 3.63) is 29.1 Å². The van der Waals surface area contributed by atoms with E-state index in [2.05, 4.69) is 44.7 Å². The first-order chi connectivity index (χ1) is 9.51. The molecule has 1 rings (SSSR count). The number of aryl methyl sites for hydroxylation is 2. The predicted octanol–water partition coefficient (Wildman–Crippen LogP) is 3.85. The first-order valence-corrected chi connectivity index (χ1v) is 7.97. The molecule has 4 heteroatoms. The number of aromatic nitrogens is 2. The van der Waals surface area contributed by atoms with Crippen LogP contribution in [0.5, 0.6) is 0 Å². The van der Waals surface area contributed by atoms with Crippen LogP contribution < -0.4 is 5.32 Å². The van der Waals surface area contributed by atoms with Gasteiger partial charge in [0.15, 0.2) is 0 Å². The summed E-state index contributed by atoms with van der Waals surface area (Å²) in [5.74, 6) is 0. The second kappa shape index (κ2) is 7.84. The summed E-state index contributed by atoms with van der Waals surface area (Å²) in [6.07, 6.45) is 4.91. The lowest BCUT2D eigenvalue weighted by Crippen LogP contribution is -2.33. The van der Waals surface area contributed by atoms with Crippen LogP contribution in [0.4, 0.5) is 0 Å². The molecule has 0 spiro atoms. The van der Waals surface area contributed by atoms with E-state index in [4.69, 9.17) is 11.6 Å². The number of halogens is 1. The molecule has 0 aliphatic heterocycles. The van der Waals surface area contributed by atoms with Crippen molar-refractivity contribution in [3.8, 4) is 0 Å². The molecule has 1 heterocycles. The molecule has 0 fully saturated rings. The zero-order valence-electron chi connectivity index (χ0n) is 13.3. The maximum atomic E-state index is 6.49. The Bertz CT molecular complexity index is 439. The van der Waals surface area contributed by atoms with Gasteiger partial charge in [0.2, 0.25) is 0 Å². The molecule has 0 radical (unpaired) electrons. The molecule has 0 aromatic carbocycles. The third-order valence-electron chi connectivity index (χ3n) is 3.71. The highest BCUT2D eigenvalue weighted by molar-refractivity contribution is 6.31. The van der Waals surface area contributed by atoms with Crippen molar-refractivity contribution >= 4 is 11.6 Å². The summed E-state index contributed by atoms with van der Waals surface area (Å²) in [7, 11) is 0. The Hall–Kier alpha value is -0.800. The molecule has 1 aromatic heterocycles. The third kappa shape index (κ3) is 4.10. The van der Waals surface area contributed by atoms with E-state index in [9.17, 15) is 0 Å². The number of hydrogen-bond acceptors (Lipinski definition) is 2. The highest BCUT2D eigenvalue weighted by Gasteiger charge is 2.25. The number of nitrogens with zero attached hydrogens (tertiary/aromatic N) is 2. The van der Waals surface area contributed by atoms with Crippen LogP contribution >= 0.6 is 11.6 Å². The lowest BCUT2D eigenvalue weighted by Gasteiger charge is -2.26. The normalized spacial score (nSPS) is 14.2. The monoisotopic (exact) mass is 297 g/mol. The van der Waals surface area contributed by atoms with Crippen LogP contribution in [0.1, 0.15) is 45.5 Å². The minimum atomic E-state index is -0.00320. The van der Waals surface area contributed by atoms with Crippen LogP contribution in [-0.4, -0.2) is 22.9 Å². The van der Waals surface area contributed by atoms with Crippen molar-refractivity contribution < 1.29 is 0 Å². The van der Waals surface area contributed by atoms with E-state index in [-0.39, 0.29) is 5.41 Å². The molecule has 1 atom stereocenters. The maximum absolute atomic E-state index is 6.49. The first-order valence-electron chi connectivity index (χ1n) is 7.59. The second-order valence-electron chi connectivity index (χ2n) is 5.59. The van der Waals surface area contributed by atoms with Crippen molar-refractivity contribution in [1.29, 1.82) is 0 Å². The number of hydrogen-bond donors (Lipinski definition) is 1. The Labute approximate surface area is 128 Å². The fraction of sp³-hybridized carbons (Fsp3) is 0.688. The fourth-order valence-electron chi connectivity index (χ4n) is 2.33. The molecule has 0 saturated heterocycles. The van der Waals surface area contributed by atoms with Crippen LogP contribution in [0.2, 0.25) is 5.02 Å². The van der Waals surface area contributed by atoms with Crippen molar-refractivity contribution in [3.63, 3.8) is 0 Å². The van der Waals surface area contributed by atoms with E-state index in [1.165, 1.54) is 0 Å². The number of nitrogens with one attached hydrogen (secondary N) is 1. The molecule has 20 heavy (non-hydrogen) atoms. The molecule has 0 saturated carbocycles. The minimum Gasteiger partial charge on any atom is -0.316 e. The van der Waals surface area contributed by atoms with E-state index in [1.54, 1.807) is 0 Å². The van der Waals surface area contributed by atoms with Crippen molar-refractivity contribution in [2.75, 3.05) is 13.1 Å². The van der Waals surface area contributed by atoms with Gasteiger partial charge in [-0.05, 0) is 26.3 Å². The summed E-state index contributed by atoms with van der Waals surface area (Å²) in [4.78, 5) is 0. The van der Waals surface area contributed by atoms with Gasteiger partial charge in [0.25, 0.3) is 0 Å². The van der Waals surface area contributed by atoms with E-state index in [1.807, 2.05) is 10.8 Å². The Morgan fingerprint density at radius 2 is 2.10 bits per heavy atom. The quantitative estimate of drug-likeness (QED) is 0.554.